The topological polar surface area (TPSA) is 17.1 Å². The number of allylic oxidation sites excluding steroid dienone is 4. The maximum atomic E-state index is 12.0. The summed E-state index contributed by atoms with van der Waals surface area (Å²) < 4.78 is 0. The van der Waals surface area contributed by atoms with E-state index in [-0.39, 0.29) is 0 Å². The Bertz CT molecular complexity index is 357. The first-order valence-corrected chi connectivity index (χ1v) is 9.41. The summed E-state index contributed by atoms with van der Waals surface area (Å²) in [4.78, 5) is 12.0. The molecule has 0 spiro atoms. The second kappa shape index (κ2) is 3.44. The Balaban J connectivity index is 2.45. The molecule has 15 heavy (non-hydrogen) atoms. The van der Waals surface area contributed by atoms with Crippen LogP contribution in [0.2, 0.25) is 19.6 Å². The van der Waals surface area contributed by atoms with E-state index < -0.39 is 8.07 Å². The van der Waals surface area contributed by atoms with E-state index in [4.69, 9.17) is 0 Å². The zero-order valence-corrected chi connectivity index (χ0v) is 11.1. The van der Waals surface area contributed by atoms with E-state index in [0.29, 0.717) is 24.0 Å². The number of fused-ring (bicyclic) bond motifs is 2. The minimum Gasteiger partial charge on any atom is -0.295 e. The summed E-state index contributed by atoms with van der Waals surface area (Å²) >= 11 is 0. The Labute approximate surface area is 93.3 Å². The molecule has 0 aromatic rings. The Morgan fingerprint density at radius 3 is 2.47 bits per heavy atom. The van der Waals surface area contributed by atoms with Crippen molar-refractivity contribution in [2.75, 3.05) is 0 Å². The van der Waals surface area contributed by atoms with Gasteiger partial charge in [0.15, 0.2) is 5.78 Å². The van der Waals surface area contributed by atoms with Crippen molar-refractivity contribution in [3.8, 4) is 0 Å². The molecule has 0 unspecified atom stereocenters. The average Bonchev–Trinajstić information content (AvgIpc) is 2.73. The Hall–Kier alpha value is -0.633. The standard InChI is InChI=1S/C13H20OSi/c1-5-11(14)12-9-6-7-10(8-9)13(12)15(2,3)4/h6-7,9-10H,5,8H2,1-4H3/t9-,10+/m0/s1. The van der Waals surface area contributed by atoms with E-state index >= 15 is 0 Å². The van der Waals surface area contributed by atoms with Gasteiger partial charge in [-0.3, -0.25) is 4.79 Å². The summed E-state index contributed by atoms with van der Waals surface area (Å²) in [5.74, 6) is 1.46. The molecule has 0 amide bonds. The lowest BCUT2D eigenvalue weighted by Gasteiger charge is -2.26. The Morgan fingerprint density at radius 1 is 1.33 bits per heavy atom. The smallest absolute Gasteiger partial charge is 0.158 e. The highest BCUT2D eigenvalue weighted by Gasteiger charge is 2.42. The molecular formula is C13H20OSi. The van der Waals surface area contributed by atoms with E-state index in [2.05, 4.69) is 31.8 Å². The highest BCUT2D eigenvalue weighted by molar-refractivity contribution is 6.83. The van der Waals surface area contributed by atoms with Gasteiger partial charge < -0.3 is 0 Å². The number of hydrogen-bond donors (Lipinski definition) is 0. The van der Waals surface area contributed by atoms with Gasteiger partial charge in [0.05, 0.1) is 8.07 Å². The van der Waals surface area contributed by atoms with Gasteiger partial charge in [-0.25, -0.2) is 0 Å². The summed E-state index contributed by atoms with van der Waals surface area (Å²) in [7, 11) is -1.31. The summed E-state index contributed by atoms with van der Waals surface area (Å²) in [5.41, 5.74) is 1.20. The van der Waals surface area contributed by atoms with Gasteiger partial charge in [-0.2, -0.15) is 0 Å². The van der Waals surface area contributed by atoms with Crippen molar-refractivity contribution in [3.63, 3.8) is 0 Å². The van der Waals surface area contributed by atoms with Gasteiger partial charge in [0, 0.05) is 12.3 Å². The predicted octanol–water partition coefficient (Wildman–Crippen LogP) is 3.35. The van der Waals surface area contributed by atoms with Crippen molar-refractivity contribution in [2.24, 2.45) is 11.8 Å². The third-order valence-corrected chi connectivity index (χ3v) is 5.80. The largest absolute Gasteiger partial charge is 0.295 e. The molecule has 0 aliphatic heterocycles. The van der Waals surface area contributed by atoms with Crippen LogP contribution in [0.25, 0.3) is 0 Å². The van der Waals surface area contributed by atoms with E-state index in [9.17, 15) is 4.79 Å². The lowest BCUT2D eigenvalue weighted by Crippen LogP contribution is -2.29. The number of carbonyl (C=O) groups is 1. The zero-order valence-electron chi connectivity index (χ0n) is 10.1. The van der Waals surface area contributed by atoms with Gasteiger partial charge in [-0.15, -0.1) is 0 Å². The van der Waals surface area contributed by atoms with Crippen LogP contribution in [-0.4, -0.2) is 13.9 Å². The van der Waals surface area contributed by atoms with E-state index in [1.165, 1.54) is 12.0 Å². The van der Waals surface area contributed by atoms with Crippen molar-refractivity contribution in [2.45, 2.75) is 39.4 Å². The fourth-order valence-electron chi connectivity index (χ4n) is 3.03. The van der Waals surface area contributed by atoms with Crippen LogP contribution in [0.1, 0.15) is 19.8 Å². The fraction of sp³-hybridized carbons (Fsp3) is 0.615. The number of Topliss-reactive ketones (excluding diaryl/α,β-unsaturated/α-hetero) is 1. The van der Waals surface area contributed by atoms with Crippen LogP contribution in [0, 0.1) is 11.8 Å². The maximum Gasteiger partial charge on any atom is 0.158 e. The number of hydrogen-bond acceptors (Lipinski definition) is 1. The number of ketones is 1. The van der Waals surface area contributed by atoms with Crippen molar-refractivity contribution in [1.82, 2.24) is 0 Å². The summed E-state index contributed by atoms with van der Waals surface area (Å²) in [6, 6.07) is 0. The first-order chi connectivity index (χ1) is 6.95. The molecule has 1 nitrogen and oxygen atoms in total. The van der Waals surface area contributed by atoms with Gasteiger partial charge in [0.2, 0.25) is 0 Å². The number of carbonyl (C=O) groups excluding carboxylic acids is 1. The van der Waals surface area contributed by atoms with E-state index in [1.54, 1.807) is 5.20 Å². The van der Waals surface area contributed by atoms with Crippen LogP contribution in [-0.2, 0) is 4.79 Å². The molecule has 2 aliphatic carbocycles. The molecule has 0 aromatic heterocycles. The molecular weight excluding hydrogens is 200 g/mol. The van der Waals surface area contributed by atoms with Crippen molar-refractivity contribution in [1.29, 1.82) is 0 Å². The third-order valence-electron chi connectivity index (χ3n) is 3.54. The first-order valence-electron chi connectivity index (χ1n) is 5.91. The van der Waals surface area contributed by atoms with Crippen LogP contribution < -0.4 is 0 Å². The minimum atomic E-state index is -1.31. The summed E-state index contributed by atoms with van der Waals surface area (Å²) in [6.07, 6.45) is 6.42. The maximum absolute atomic E-state index is 12.0. The molecule has 0 fully saturated rings. The van der Waals surface area contributed by atoms with Crippen molar-refractivity contribution >= 4 is 13.9 Å². The van der Waals surface area contributed by atoms with Crippen LogP contribution in [0.15, 0.2) is 22.9 Å². The zero-order chi connectivity index (χ0) is 11.2. The van der Waals surface area contributed by atoms with Crippen LogP contribution in [0.4, 0.5) is 0 Å². The number of rotatable bonds is 3. The molecule has 0 saturated heterocycles. The van der Waals surface area contributed by atoms with Crippen LogP contribution >= 0.6 is 0 Å². The molecule has 2 heteroatoms. The highest BCUT2D eigenvalue weighted by Crippen LogP contribution is 2.47. The fourth-order valence-corrected chi connectivity index (χ4v) is 5.49. The highest BCUT2D eigenvalue weighted by atomic mass is 28.3. The normalized spacial score (nSPS) is 29.1. The quantitative estimate of drug-likeness (QED) is 0.526. The summed E-state index contributed by atoms with van der Waals surface area (Å²) in [6.45, 7) is 9.06. The summed E-state index contributed by atoms with van der Waals surface area (Å²) in [5, 5.41) is 1.54. The average molecular weight is 220 g/mol. The first kappa shape index (κ1) is 10.9. The molecule has 0 heterocycles. The minimum absolute atomic E-state index is 0.393. The van der Waals surface area contributed by atoms with E-state index in [0.717, 1.165) is 0 Å². The molecule has 2 atom stereocenters. The molecule has 0 saturated carbocycles. The molecule has 82 valence electrons. The van der Waals surface area contributed by atoms with Crippen LogP contribution in [0.3, 0.4) is 0 Å². The molecule has 0 aromatic carbocycles. The monoisotopic (exact) mass is 220 g/mol. The van der Waals surface area contributed by atoms with Gasteiger partial charge in [0.1, 0.15) is 0 Å². The molecule has 2 bridgehead atoms. The second-order valence-electron chi connectivity index (χ2n) is 5.69. The van der Waals surface area contributed by atoms with Crippen LogP contribution in [0.5, 0.6) is 0 Å². The Kier molecular flexibility index (Phi) is 2.50. The molecule has 0 radical (unpaired) electrons. The Morgan fingerprint density at radius 2 is 1.93 bits per heavy atom. The predicted molar refractivity (Wildman–Crippen MR) is 66.4 cm³/mol. The second-order valence-corrected chi connectivity index (χ2v) is 10.7. The van der Waals surface area contributed by atoms with Gasteiger partial charge >= 0.3 is 0 Å². The lowest BCUT2D eigenvalue weighted by atomic mass is 9.97. The van der Waals surface area contributed by atoms with Crippen molar-refractivity contribution < 1.29 is 4.79 Å². The lowest BCUT2D eigenvalue weighted by molar-refractivity contribution is -0.115. The SMILES string of the molecule is CCC(=O)C1=C([Si](C)(C)C)[C@@H]2C=C[C@H]1C2. The van der Waals surface area contributed by atoms with Gasteiger partial charge in [-0.05, 0) is 17.9 Å². The van der Waals surface area contributed by atoms with Gasteiger partial charge in [0.25, 0.3) is 0 Å². The molecule has 2 aliphatic rings. The third kappa shape index (κ3) is 1.65. The molecule has 0 N–H and O–H groups in total. The van der Waals surface area contributed by atoms with Gasteiger partial charge in [-0.1, -0.05) is 43.9 Å². The van der Waals surface area contributed by atoms with E-state index in [1.807, 2.05) is 6.92 Å². The van der Waals surface area contributed by atoms with Crippen molar-refractivity contribution in [3.05, 3.63) is 22.9 Å². The molecule has 2 rings (SSSR count).